The molecule has 39 valence electrons. The second-order valence-corrected chi connectivity index (χ2v) is 0.238. The molecule has 0 spiro atoms. The molecule has 0 radical (unpaired) electrons. The van der Waals surface area contributed by atoms with Crippen LogP contribution in [0.4, 0.5) is 0 Å². The van der Waals surface area contributed by atoms with E-state index in [1.807, 2.05) is 0 Å². The van der Waals surface area contributed by atoms with Gasteiger partial charge in [-0.2, -0.15) is 0 Å². The van der Waals surface area contributed by atoms with Gasteiger partial charge in [0.2, 0.25) is 0 Å². The Morgan fingerprint density at radius 1 is 1.33 bits per heavy atom. The van der Waals surface area contributed by atoms with E-state index in [1.165, 1.54) is 0 Å². The van der Waals surface area contributed by atoms with Gasteiger partial charge in [-0.05, 0) is 0 Å². The Labute approximate surface area is 70.8 Å². The van der Waals surface area contributed by atoms with Gasteiger partial charge in [-0.15, -0.1) is 0 Å². The van der Waals surface area contributed by atoms with E-state index in [4.69, 9.17) is 8.15 Å². The van der Waals surface area contributed by atoms with Gasteiger partial charge in [0.1, 0.15) is 0 Å². The second-order valence-electron chi connectivity index (χ2n) is 0.0577. The van der Waals surface area contributed by atoms with Crippen molar-refractivity contribution in [2.45, 2.75) is 0 Å². The SMILES string of the molecule is [Ca+2].[OH-].[OH-].[O]=[Ni][OH]. The van der Waals surface area contributed by atoms with Crippen LogP contribution in [0.1, 0.15) is 0 Å². The first-order valence-electron chi connectivity index (χ1n) is 0.271. The Morgan fingerprint density at radius 2 is 1.33 bits per heavy atom. The van der Waals surface area contributed by atoms with Crippen LogP contribution in [-0.2, 0) is 18.6 Å². The Balaban J connectivity index is -0.00000000667. The topological polar surface area (TPSA) is 97.3 Å². The van der Waals surface area contributed by atoms with Gasteiger partial charge in [0, 0.05) is 0 Å². The summed E-state index contributed by atoms with van der Waals surface area (Å²) in [5.74, 6) is 0. The first kappa shape index (κ1) is 26.1. The Bertz CT molecular complexity index is 15.0. The van der Waals surface area contributed by atoms with Gasteiger partial charge in [-0.3, -0.25) is 0 Å². The molecule has 0 aliphatic carbocycles. The molecule has 0 amide bonds. The fourth-order valence-corrected chi connectivity index (χ4v) is 0. The Morgan fingerprint density at radius 3 is 1.33 bits per heavy atom. The summed E-state index contributed by atoms with van der Waals surface area (Å²) < 4.78 is 15.4. The predicted molar refractivity (Wildman–Crippen MR) is 12.5 cm³/mol. The maximum atomic E-state index is 8.42. The Kier molecular flexibility index (Phi) is 140. The summed E-state index contributed by atoms with van der Waals surface area (Å²) in [5, 5.41) is 0. The van der Waals surface area contributed by atoms with Crippen LogP contribution in [0.25, 0.3) is 0 Å². The zero-order valence-electron chi connectivity index (χ0n) is 2.77. The zero-order chi connectivity index (χ0) is 2.71. The monoisotopic (exact) mass is 165 g/mol. The molecule has 6 heteroatoms. The normalized spacial score (nSPS) is 3.50. The number of rotatable bonds is 0. The number of hydrogen-bond acceptors (Lipinski definition) is 3. The fraction of sp³-hybridized carbons (Fsp3) is 0. The van der Waals surface area contributed by atoms with Crippen LogP contribution >= 0.6 is 0 Å². The standard InChI is InChI=1S/Ca.Ni.3H2O.O/h;;3*1H2;/q+2;+1;;;;/p-3. The van der Waals surface area contributed by atoms with Crippen molar-refractivity contribution in [3.05, 3.63) is 0 Å². The molecule has 0 aromatic carbocycles. The molecule has 0 atom stereocenters. The molecular weight excluding hydrogens is 163 g/mol. The van der Waals surface area contributed by atoms with Gasteiger partial charge in [0.15, 0.2) is 0 Å². The van der Waals surface area contributed by atoms with Gasteiger partial charge in [-0.25, -0.2) is 0 Å². The van der Waals surface area contributed by atoms with Crippen molar-refractivity contribution >= 4 is 37.7 Å². The molecule has 0 saturated carbocycles. The molecule has 0 unspecified atom stereocenters. The van der Waals surface area contributed by atoms with Crippen molar-refractivity contribution in [1.29, 1.82) is 0 Å². The van der Waals surface area contributed by atoms with Crippen LogP contribution in [-0.4, -0.2) is 52.9 Å². The average Bonchev–Trinajstić information content (AvgIpc) is 0.918. The van der Waals surface area contributed by atoms with E-state index in [0.29, 0.717) is 0 Å². The fourth-order valence-electron chi connectivity index (χ4n) is 0. The molecule has 0 aromatic heterocycles. The van der Waals surface area contributed by atoms with Crippen LogP contribution in [0, 0.1) is 0 Å². The van der Waals surface area contributed by atoms with Crippen molar-refractivity contribution in [1.82, 2.24) is 0 Å². The zero-order valence-corrected chi connectivity index (χ0v) is 5.97. The summed E-state index contributed by atoms with van der Waals surface area (Å²) in [6.07, 6.45) is 0. The summed E-state index contributed by atoms with van der Waals surface area (Å²) in [5.41, 5.74) is 0. The van der Waals surface area contributed by atoms with Crippen molar-refractivity contribution in [2.75, 3.05) is 0 Å². The molecule has 0 aliphatic rings. The van der Waals surface area contributed by atoms with E-state index in [0.717, 1.165) is 0 Å². The molecule has 6 heavy (non-hydrogen) atoms. The molecule has 0 aliphatic heterocycles. The average molecular weight is 166 g/mol. The quantitative estimate of drug-likeness (QED) is 0.446. The first-order chi connectivity index (χ1) is 1.41. The molecule has 0 rings (SSSR count). The maximum absolute atomic E-state index is 8.42. The van der Waals surface area contributed by atoms with Crippen LogP contribution in [0.3, 0.4) is 0 Å². The molecule has 0 saturated heterocycles. The van der Waals surface area contributed by atoms with Gasteiger partial charge in [-0.1, -0.05) is 0 Å². The van der Waals surface area contributed by atoms with Crippen molar-refractivity contribution in [2.24, 2.45) is 0 Å². The van der Waals surface area contributed by atoms with E-state index in [2.05, 4.69) is 0 Å². The van der Waals surface area contributed by atoms with Gasteiger partial charge < -0.3 is 11.0 Å². The third kappa shape index (κ3) is 52.0. The summed E-state index contributed by atoms with van der Waals surface area (Å²) in [6, 6.07) is 0. The minimum absolute atomic E-state index is 0. The molecule has 0 aromatic rings. The molecule has 3 N–H and O–H groups in total. The molecule has 0 bridgehead atoms. The van der Waals surface area contributed by atoms with E-state index in [1.54, 1.807) is 0 Å². The molecule has 4 nitrogen and oxygen atoms in total. The van der Waals surface area contributed by atoms with Crippen LogP contribution in [0.2, 0.25) is 0 Å². The summed E-state index contributed by atoms with van der Waals surface area (Å²) in [4.78, 5) is 0. The van der Waals surface area contributed by atoms with Crippen LogP contribution in [0.15, 0.2) is 0 Å². The van der Waals surface area contributed by atoms with Gasteiger partial charge in [0.25, 0.3) is 0 Å². The minimum atomic E-state index is -0.625. The van der Waals surface area contributed by atoms with Crippen molar-refractivity contribution < 1.29 is 33.8 Å². The van der Waals surface area contributed by atoms with E-state index in [-0.39, 0.29) is 48.7 Å². The molecule has 0 heterocycles. The van der Waals surface area contributed by atoms with Crippen molar-refractivity contribution in [3.8, 4) is 0 Å². The predicted octanol–water partition coefficient (Wildman–Crippen LogP) is -1.41. The van der Waals surface area contributed by atoms with Crippen LogP contribution in [0.5, 0.6) is 0 Å². The van der Waals surface area contributed by atoms with Gasteiger partial charge >= 0.3 is 60.6 Å². The van der Waals surface area contributed by atoms with Crippen molar-refractivity contribution in [3.63, 3.8) is 0 Å². The molecule has 0 fully saturated rings. The third-order valence-corrected chi connectivity index (χ3v) is 0. The summed E-state index contributed by atoms with van der Waals surface area (Å²) >= 11 is -0.625. The van der Waals surface area contributed by atoms with E-state index >= 15 is 0 Å². The second kappa shape index (κ2) is 32.1. The van der Waals surface area contributed by atoms with E-state index < -0.39 is 14.7 Å². The summed E-state index contributed by atoms with van der Waals surface area (Å²) in [6.45, 7) is 0. The van der Waals surface area contributed by atoms with Crippen LogP contribution < -0.4 is 0 Å². The third-order valence-electron chi connectivity index (χ3n) is 0. The first-order valence-corrected chi connectivity index (χ1v) is 1.12. The van der Waals surface area contributed by atoms with E-state index in [9.17, 15) is 0 Å². The number of hydrogen-bond donors (Lipinski definition) is 1. The Hall–Kier alpha value is 1.43. The van der Waals surface area contributed by atoms with Gasteiger partial charge in [0.05, 0.1) is 0 Å². The summed E-state index contributed by atoms with van der Waals surface area (Å²) in [7, 11) is 0. The molecular formula is H3CaNiO4.